The van der Waals surface area contributed by atoms with Crippen LogP contribution in [0, 0.1) is 19.8 Å². The standard InChI is InChI=1S/C22H34ClN3O3/c1-15-10-16(2)20(18(23)11-15)24-19(27)14-26-9-7-8-17(13-26)12-25(6)21(28)29-22(3,4)5/h10-11,17H,7-9,12-14H2,1-6H3,(H,24,27)/t17-/m0/s1. The predicted octanol–water partition coefficient (Wildman–Crippen LogP) is 4.47. The third-order valence-electron chi connectivity index (χ3n) is 4.90. The van der Waals surface area contributed by atoms with Gasteiger partial charge in [0, 0.05) is 20.1 Å². The minimum Gasteiger partial charge on any atom is -0.444 e. The number of anilines is 1. The van der Waals surface area contributed by atoms with E-state index in [1.165, 1.54) is 0 Å². The summed E-state index contributed by atoms with van der Waals surface area (Å²) in [5.41, 5.74) is 2.20. The van der Waals surface area contributed by atoms with Gasteiger partial charge in [-0.05, 0) is 77.1 Å². The van der Waals surface area contributed by atoms with Gasteiger partial charge < -0.3 is 15.0 Å². The van der Waals surface area contributed by atoms with Gasteiger partial charge in [-0.15, -0.1) is 0 Å². The zero-order valence-corrected chi connectivity index (χ0v) is 19.2. The number of halogens is 1. The third kappa shape index (κ3) is 7.52. The molecule has 0 unspecified atom stereocenters. The van der Waals surface area contributed by atoms with Crippen LogP contribution in [0.4, 0.5) is 10.5 Å². The molecule has 1 aliphatic rings. The highest BCUT2D eigenvalue weighted by atomic mass is 35.5. The lowest BCUT2D eigenvalue weighted by Gasteiger charge is -2.34. The molecule has 29 heavy (non-hydrogen) atoms. The van der Waals surface area contributed by atoms with Crippen molar-refractivity contribution in [1.29, 1.82) is 0 Å². The molecule has 162 valence electrons. The Kier molecular flexibility index (Phi) is 7.94. The van der Waals surface area contributed by atoms with E-state index < -0.39 is 5.60 Å². The molecule has 1 N–H and O–H groups in total. The number of ether oxygens (including phenoxy) is 1. The molecule has 1 aromatic rings. The maximum Gasteiger partial charge on any atom is 0.410 e. The largest absolute Gasteiger partial charge is 0.444 e. The Bertz CT molecular complexity index is 722. The molecule has 0 bridgehead atoms. The van der Waals surface area contributed by atoms with E-state index in [0.29, 0.717) is 29.7 Å². The number of likely N-dealkylation sites (tertiary alicyclic amines) is 1. The lowest BCUT2D eigenvalue weighted by molar-refractivity contribution is -0.117. The number of nitrogens with zero attached hydrogens (tertiary/aromatic N) is 2. The van der Waals surface area contributed by atoms with Crippen molar-refractivity contribution in [1.82, 2.24) is 9.80 Å². The highest BCUT2D eigenvalue weighted by Crippen LogP contribution is 2.27. The Morgan fingerprint density at radius 1 is 1.31 bits per heavy atom. The second-order valence-corrected chi connectivity index (χ2v) is 9.50. The van der Waals surface area contributed by atoms with Gasteiger partial charge in [0.2, 0.25) is 5.91 Å². The van der Waals surface area contributed by atoms with E-state index in [4.69, 9.17) is 16.3 Å². The van der Waals surface area contributed by atoms with Crippen molar-refractivity contribution < 1.29 is 14.3 Å². The summed E-state index contributed by atoms with van der Waals surface area (Å²) < 4.78 is 5.43. The Labute approximate surface area is 179 Å². The number of piperidine rings is 1. The van der Waals surface area contributed by atoms with Gasteiger partial charge >= 0.3 is 6.09 Å². The normalized spacial score (nSPS) is 17.7. The van der Waals surface area contributed by atoms with E-state index in [0.717, 1.165) is 37.1 Å². The molecule has 0 radical (unpaired) electrons. The SMILES string of the molecule is Cc1cc(C)c(NC(=O)CN2CCC[C@@H](CN(C)C(=O)OC(C)(C)C)C2)c(Cl)c1. The van der Waals surface area contributed by atoms with Gasteiger partial charge in [0.1, 0.15) is 5.60 Å². The molecule has 1 saturated heterocycles. The monoisotopic (exact) mass is 423 g/mol. The first kappa shape index (κ1) is 23.5. The summed E-state index contributed by atoms with van der Waals surface area (Å²) in [6.45, 7) is 12.1. The first-order valence-electron chi connectivity index (χ1n) is 10.2. The van der Waals surface area contributed by atoms with Crippen molar-refractivity contribution in [2.24, 2.45) is 5.92 Å². The zero-order valence-electron chi connectivity index (χ0n) is 18.5. The molecule has 1 fully saturated rings. The van der Waals surface area contributed by atoms with Crippen molar-refractivity contribution in [2.75, 3.05) is 38.5 Å². The van der Waals surface area contributed by atoms with Gasteiger partial charge in [-0.3, -0.25) is 9.69 Å². The second kappa shape index (κ2) is 9.81. The number of hydrogen-bond acceptors (Lipinski definition) is 4. The summed E-state index contributed by atoms with van der Waals surface area (Å²) in [7, 11) is 1.77. The Morgan fingerprint density at radius 2 is 2.00 bits per heavy atom. The molecule has 1 heterocycles. The summed E-state index contributed by atoms with van der Waals surface area (Å²) >= 11 is 6.30. The van der Waals surface area contributed by atoms with E-state index >= 15 is 0 Å². The van der Waals surface area contributed by atoms with Crippen LogP contribution in [0.1, 0.15) is 44.7 Å². The second-order valence-electron chi connectivity index (χ2n) is 9.09. The number of benzene rings is 1. The number of hydrogen-bond donors (Lipinski definition) is 1. The molecule has 7 heteroatoms. The molecular formula is C22H34ClN3O3. The number of aryl methyl sites for hydroxylation is 2. The van der Waals surface area contributed by atoms with E-state index in [1.807, 2.05) is 46.8 Å². The summed E-state index contributed by atoms with van der Waals surface area (Å²) in [4.78, 5) is 28.5. The summed E-state index contributed by atoms with van der Waals surface area (Å²) in [5, 5.41) is 3.52. The Morgan fingerprint density at radius 3 is 2.62 bits per heavy atom. The molecule has 1 aromatic carbocycles. The molecule has 0 aliphatic carbocycles. The predicted molar refractivity (Wildman–Crippen MR) is 118 cm³/mol. The average molecular weight is 424 g/mol. The van der Waals surface area contributed by atoms with Gasteiger partial charge in [0.05, 0.1) is 17.3 Å². The zero-order chi connectivity index (χ0) is 21.8. The lowest BCUT2D eigenvalue weighted by atomic mass is 9.97. The number of rotatable bonds is 5. The van der Waals surface area contributed by atoms with Crippen LogP contribution in [-0.2, 0) is 9.53 Å². The quantitative estimate of drug-likeness (QED) is 0.758. The van der Waals surface area contributed by atoms with Crippen LogP contribution in [0.15, 0.2) is 12.1 Å². The highest BCUT2D eigenvalue weighted by molar-refractivity contribution is 6.34. The first-order chi connectivity index (χ1) is 13.4. The fourth-order valence-corrected chi connectivity index (χ4v) is 4.07. The van der Waals surface area contributed by atoms with Crippen LogP contribution in [0.25, 0.3) is 0 Å². The lowest BCUT2D eigenvalue weighted by Crippen LogP contribution is -2.45. The third-order valence-corrected chi connectivity index (χ3v) is 5.20. The fourth-order valence-electron chi connectivity index (χ4n) is 3.70. The van der Waals surface area contributed by atoms with Crippen LogP contribution < -0.4 is 5.32 Å². The number of carbonyl (C=O) groups excluding carboxylic acids is 2. The van der Waals surface area contributed by atoms with Crippen LogP contribution in [0.5, 0.6) is 0 Å². The molecule has 0 spiro atoms. The summed E-state index contributed by atoms with van der Waals surface area (Å²) in [5.74, 6) is 0.249. The van der Waals surface area contributed by atoms with Crippen molar-refractivity contribution in [3.05, 3.63) is 28.3 Å². The Balaban J connectivity index is 1.88. The molecule has 1 atom stereocenters. The minimum absolute atomic E-state index is 0.0694. The smallest absolute Gasteiger partial charge is 0.410 e. The van der Waals surface area contributed by atoms with Gasteiger partial charge in [0.25, 0.3) is 0 Å². The van der Waals surface area contributed by atoms with E-state index in [1.54, 1.807) is 11.9 Å². The van der Waals surface area contributed by atoms with Gasteiger partial charge in [-0.2, -0.15) is 0 Å². The average Bonchev–Trinajstić information content (AvgIpc) is 2.57. The molecule has 1 aliphatic heterocycles. The van der Waals surface area contributed by atoms with Crippen LogP contribution in [0.2, 0.25) is 5.02 Å². The maximum absolute atomic E-state index is 12.6. The number of nitrogens with one attached hydrogen (secondary N) is 1. The Hall–Kier alpha value is -1.79. The van der Waals surface area contributed by atoms with Crippen molar-refractivity contribution in [3.63, 3.8) is 0 Å². The maximum atomic E-state index is 12.6. The van der Waals surface area contributed by atoms with Crippen molar-refractivity contribution in [3.8, 4) is 0 Å². The number of carbonyl (C=O) groups is 2. The van der Waals surface area contributed by atoms with Crippen LogP contribution >= 0.6 is 11.6 Å². The fraction of sp³-hybridized carbons (Fsp3) is 0.636. The summed E-state index contributed by atoms with van der Waals surface area (Å²) in [6.07, 6.45) is 1.73. The van der Waals surface area contributed by atoms with Crippen molar-refractivity contribution >= 4 is 29.3 Å². The molecular weight excluding hydrogens is 390 g/mol. The molecule has 0 saturated carbocycles. The molecule has 0 aromatic heterocycles. The van der Waals surface area contributed by atoms with Gasteiger partial charge in [-0.1, -0.05) is 17.7 Å². The first-order valence-corrected chi connectivity index (χ1v) is 10.6. The summed E-state index contributed by atoms with van der Waals surface area (Å²) in [6, 6.07) is 3.86. The van der Waals surface area contributed by atoms with Gasteiger partial charge in [0.15, 0.2) is 0 Å². The highest BCUT2D eigenvalue weighted by Gasteiger charge is 2.26. The number of amides is 2. The topological polar surface area (TPSA) is 61.9 Å². The van der Waals surface area contributed by atoms with Crippen LogP contribution in [0.3, 0.4) is 0 Å². The van der Waals surface area contributed by atoms with Crippen molar-refractivity contribution in [2.45, 2.75) is 53.1 Å². The molecule has 2 rings (SSSR count). The molecule has 6 nitrogen and oxygen atoms in total. The van der Waals surface area contributed by atoms with E-state index in [9.17, 15) is 9.59 Å². The van der Waals surface area contributed by atoms with Crippen LogP contribution in [-0.4, -0.2) is 60.6 Å². The molecule has 2 amide bonds. The van der Waals surface area contributed by atoms with E-state index in [2.05, 4.69) is 10.2 Å². The van der Waals surface area contributed by atoms with Gasteiger partial charge in [-0.25, -0.2) is 4.79 Å². The minimum atomic E-state index is -0.503. The van der Waals surface area contributed by atoms with E-state index in [-0.39, 0.29) is 12.0 Å².